The Labute approximate surface area is 158 Å². The maximum atomic E-state index is 12.5. The van der Waals surface area contributed by atoms with E-state index in [0.717, 1.165) is 21.8 Å². The lowest BCUT2D eigenvalue weighted by Crippen LogP contribution is -2.35. The molecule has 0 radical (unpaired) electrons. The average Bonchev–Trinajstić information content (AvgIpc) is 2.57. The minimum atomic E-state index is -0.585. The molecule has 0 aromatic carbocycles. The van der Waals surface area contributed by atoms with Gasteiger partial charge < -0.3 is 5.32 Å². The van der Waals surface area contributed by atoms with Crippen LogP contribution in [0.25, 0.3) is 0 Å². The van der Waals surface area contributed by atoms with E-state index in [9.17, 15) is 9.59 Å². The number of aryl methyl sites for hydroxylation is 3. The van der Waals surface area contributed by atoms with Crippen molar-refractivity contribution in [2.45, 2.75) is 45.4 Å². The lowest BCUT2D eigenvalue weighted by Gasteiger charge is -2.16. The number of hydrogen-bond acceptors (Lipinski definition) is 5. The number of carbonyl (C=O) groups is 2. The minimum absolute atomic E-state index is 0.138. The molecule has 0 fully saturated rings. The first-order valence-corrected chi connectivity index (χ1v) is 9.57. The molecule has 26 heavy (non-hydrogen) atoms. The Bertz CT molecular complexity index is 850. The van der Waals surface area contributed by atoms with Gasteiger partial charge in [-0.05, 0) is 50.6 Å². The highest BCUT2D eigenvalue weighted by molar-refractivity contribution is 7.98. The van der Waals surface area contributed by atoms with Crippen LogP contribution in [0.1, 0.15) is 52.8 Å². The molecule has 2 rings (SSSR count). The Morgan fingerprint density at radius 3 is 2.46 bits per heavy atom. The van der Waals surface area contributed by atoms with Crippen molar-refractivity contribution in [3.63, 3.8) is 0 Å². The highest BCUT2D eigenvalue weighted by Crippen LogP contribution is 2.31. The quantitative estimate of drug-likeness (QED) is 0.786. The van der Waals surface area contributed by atoms with E-state index in [-0.39, 0.29) is 5.92 Å². The number of hydrogen-bond donors (Lipinski definition) is 2. The van der Waals surface area contributed by atoms with E-state index in [1.165, 1.54) is 11.8 Å². The number of rotatable bonds is 4. The van der Waals surface area contributed by atoms with Crippen LogP contribution in [0.4, 0.5) is 10.5 Å². The average molecular weight is 372 g/mol. The number of urea groups is 1. The normalized spacial score (nSPS) is 10.7. The van der Waals surface area contributed by atoms with Gasteiger partial charge in [0.05, 0.1) is 22.6 Å². The number of imide groups is 1. The fourth-order valence-corrected chi connectivity index (χ4v) is 3.12. The molecule has 0 bridgehead atoms. The first-order valence-electron chi connectivity index (χ1n) is 8.34. The second-order valence-electron chi connectivity index (χ2n) is 6.36. The van der Waals surface area contributed by atoms with E-state index < -0.39 is 11.9 Å². The van der Waals surface area contributed by atoms with Crippen LogP contribution in [0.5, 0.6) is 0 Å². The third-order valence-electron chi connectivity index (χ3n) is 4.08. The van der Waals surface area contributed by atoms with E-state index in [1.807, 2.05) is 40.0 Å². The summed E-state index contributed by atoms with van der Waals surface area (Å²) in [6, 6.07) is 3.00. The Morgan fingerprint density at radius 1 is 1.15 bits per heavy atom. The van der Waals surface area contributed by atoms with Crippen LogP contribution in [-0.4, -0.2) is 28.2 Å². The molecule has 0 aliphatic heterocycles. The van der Waals surface area contributed by atoms with Gasteiger partial charge in [0.25, 0.3) is 5.91 Å². The van der Waals surface area contributed by atoms with Crippen LogP contribution in [-0.2, 0) is 0 Å². The van der Waals surface area contributed by atoms with Gasteiger partial charge in [0.2, 0.25) is 0 Å². The largest absolute Gasteiger partial charge is 0.326 e. The van der Waals surface area contributed by atoms with Gasteiger partial charge in [0.1, 0.15) is 0 Å². The van der Waals surface area contributed by atoms with E-state index >= 15 is 0 Å². The topological polar surface area (TPSA) is 84.0 Å². The van der Waals surface area contributed by atoms with Crippen molar-refractivity contribution in [2.24, 2.45) is 0 Å². The summed E-state index contributed by atoms with van der Waals surface area (Å²) in [6.45, 7) is 9.53. The Hall–Kier alpha value is -2.41. The lowest BCUT2D eigenvalue weighted by molar-refractivity contribution is 0.0966. The Balaban J connectivity index is 2.22. The molecule has 0 aliphatic carbocycles. The smallest absolute Gasteiger partial charge is 0.305 e. The van der Waals surface area contributed by atoms with E-state index in [0.29, 0.717) is 16.9 Å². The van der Waals surface area contributed by atoms with Gasteiger partial charge >= 0.3 is 6.03 Å². The first kappa shape index (κ1) is 19.9. The number of thioether (sulfide) groups is 1. The van der Waals surface area contributed by atoms with Gasteiger partial charge in [0, 0.05) is 16.8 Å². The second-order valence-corrected chi connectivity index (χ2v) is 7.21. The van der Waals surface area contributed by atoms with Gasteiger partial charge in [-0.15, -0.1) is 11.8 Å². The fourth-order valence-electron chi connectivity index (χ4n) is 2.56. The van der Waals surface area contributed by atoms with Gasteiger partial charge in [-0.25, -0.2) is 4.79 Å². The predicted octanol–water partition coefficient (Wildman–Crippen LogP) is 4.21. The number of nitrogens with zero attached hydrogens (tertiary/aromatic N) is 2. The minimum Gasteiger partial charge on any atom is -0.305 e. The van der Waals surface area contributed by atoms with Crippen molar-refractivity contribution in [1.29, 1.82) is 0 Å². The number of carbonyl (C=O) groups excluding carboxylic acids is 2. The Kier molecular flexibility index (Phi) is 6.37. The molecule has 3 amide bonds. The summed E-state index contributed by atoms with van der Waals surface area (Å²) in [6.07, 6.45) is 3.65. The van der Waals surface area contributed by atoms with Crippen LogP contribution in [0.15, 0.2) is 23.2 Å². The van der Waals surface area contributed by atoms with E-state index in [4.69, 9.17) is 0 Å². The monoisotopic (exact) mass is 372 g/mol. The molecular formula is C19H24N4O2S. The summed E-state index contributed by atoms with van der Waals surface area (Å²) in [7, 11) is 0. The number of anilines is 1. The maximum absolute atomic E-state index is 12.5. The molecule has 138 valence electrons. The first-order chi connectivity index (χ1) is 12.2. The van der Waals surface area contributed by atoms with Crippen molar-refractivity contribution < 1.29 is 9.59 Å². The highest BCUT2D eigenvalue weighted by atomic mass is 32.2. The summed E-state index contributed by atoms with van der Waals surface area (Å²) >= 11 is 1.51. The van der Waals surface area contributed by atoms with Gasteiger partial charge in [-0.2, -0.15) is 0 Å². The maximum Gasteiger partial charge on any atom is 0.326 e. The molecule has 0 saturated heterocycles. The fraction of sp³-hybridized carbons (Fsp3) is 0.368. The third kappa shape index (κ3) is 4.40. The number of nitrogens with one attached hydrogen (secondary N) is 2. The molecule has 7 heteroatoms. The van der Waals surface area contributed by atoms with Crippen LogP contribution in [0, 0.1) is 20.8 Å². The molecule has 0 atom stereocenters. The van der Waals surface area contributed by atoms with Crippen molar-refractivity contribution in [3.8, 4) is 0 Å². The van der Waals surface area contributed by atoms with Crippen molar-refractivity contribution >= 4 is 29.4 Å². The third-order valence-corrected chi connectivity index (χ3v) is 4.86. The SMILES string of the molecule is CSc1ccnc(C(C)C)c1NC(=O)NC(=O)c1cc(C)c(C)nc1C. The van der Waals surface area contributed by atoms with Crippen molar-refractivity contribution in [3.05, 3.63) is 46.5 Å². The predicted molar refractivity (Wildman–Crippen MR) is 105 cm³/mol. The van der Waals surface area contributed by atoms with Crippen LogP contribution >= 0.6 is 11.8 Å². The van der Waals surface area contributed by atoms with E-state index in [2.05, 4.69) is 20.6 Å². The lowest BCUT2D eigenvalue weighted by atomic mass is 10.1. The zero-order valence-corrected chi connectivity index (χ0v) is 16.7. The van der Waals surface area contributed by atoms with Crippen LogP contribution < -0.4 is 10.6 Å². The van der Waals surface area contributed by atoms with Gasteiger partial charge in [0.15, 0.2) is 0 Å². The highest BCUT2D eigenvalue weighted by Gasteiger charge is 2.18. The van der Waals surface area contributed by atoms with Crippen molar-refractivity contribution in [1.82, 2.24) is 15.3 Å². The zero-order chi connectivity index (χ0) is 19.4. The molecule has 0 unspecified atom stereocenters. The molecule has 0 saturated carbocycles. The van der Waals surface area contributed by atoms with Gasteiger partial charge in [-0.1, -0.05) is 13.8 Å². The summed E-state index contributed by atoms with van der Waals surface area (Å²) in [4.78, 5) is 34.5. The molecular weight excluding hydrogens is 348 g/mol. The summed E-state index contributed by atoms with van der Waals surface area (Å²) in [5.74, 6) is -0.337. The standard InChI is InChI=1S/C19H24N4O2S/c1-10(2)16-17(15(26-6)7-8-20-16)22-19(25)23-18(24)14-9-11(3)12(4)21-13(14)5/h7-10H,1-6H3,(H2,22,23,24,25). The number of aromatic nitrogens is 2. The second kappa shape index (κ2) is 8.31. The van der Waals surface area contributed by atoms with Crippen molar-refractivity contribution in [2.75, 3.05) is 11.6 Å². The zero-order valence-electron chi connectivity index (χ0n) is 15.9. The molecule has 2 N–H and O–H groups in total. The summed E-state index contributed by atoms with van der Waals surface area (Å²) in [5, 5.41) is 5.17. The van der Waals surface area contributed by atoms with Gasteiger partial charge in [-0.3, -0.25) is 20.1 Å². The summed E-state index contributed by atoms with van der Waals surface area (Å²) < 4.78 is 0. The molecule has 2 aromatic rings. The molecule has 2 aromatic heterocycles. The van der Waals surface area contributed by atoms with Crippen LogP contribution in [0.2, 0.25) is 0 Å². The van der Waals surface area contributed by atoms with Crippen LogP contribution in [0.3, 0.4) is 0 Å². The summed E-state index contributed by atoms with van der Waals surface area (Å²) in [5.41, 5.74) is 4.17. The Morgan fingerprint density at radius 2 is 1.85 bits per heavy atom. The number of amides is 3. The molecule has 6 nitrogen and oxygen atoms in total. The molecule has 2 heterocycles. The molecule has 0 spiro atoms. The molecule has 0 aliphatic rings. The number of pyridine rings is 2. The van der Waals surface area contributed by atoms with E-state index in [1.54, 1.807) is 19.2 Å².